The molecule has 0 spiro atoms. The summed E-state index contributed by atoms with van der Waals surface area (Å²) in [6, 6.07) is 50.8. The Kier molecular flexibility index (Phi) is 5.68. The van der Waals surface area contributed by atoms with E-state index >= 15 is 0 Å². The number of furan rings is 1. The molecule has 0 aliphatic heterocycles. The molecule has 0 N–H and O–H groups in total. The fourth-order valence-electron chi connectivity index (χ4n) is 6.17. The van der Waals surface area contributed by atoms with Crippen LogP contribution in [-0.2, 0) is 0 Å². The second kappa shape index (κ2) is 10.0. The minimum atomic E-state index is 0.688. The van der Waals surface area contributed by atoms with Gasteiger partial charge in [-0.05, 0) is 52.2 Å². The zero-order valence-corrected chi connectivity index (χ0v) is 24.4. The van der Waals surface area contributed by atoms with Crippen LogP contribution in [0.2, 0.25) is 0 Å². The molecular weight excluding hydrogens is 557 g/mol. The number of aromatic nitrogens is 2. The molecule has 0 radical (unpaired) electrons. The fraction of sp³-hybridized carbons (Fsp3) is 0. The van der Waals surface area contributed by atoms with Gasteiger partial charge in [-0.1, -0.05) is 115 Å². The maximum Gasteiger partial charge on any atom is 0.161 e. The van der Waals surface area contributed by atoms with Crippen LogP contribution in [0, 0.1) is 0 Å². The van der Waals surface area contributed by atoms with Gasteiger partial charge in [0.2, 0.25) is 0 Å². The number of para-hydroxylation sites is 1. The number of hydrogen-bond donors (Lipinski definition) is 0. The molecule has 44 heavy (non-hydrogen) atoms. The highest BCUT2D eigenvalue weighted by Gasteiger charge is 2.17. The second-order valence-corrected chi connectivity index (χ2v) is 12.0. The van der Waals surface area contributed by atoms with Gasteiger partial charge in [-0.2, -0.15) is 0 Å². The molecule has 9 aromatic rings. The van der Waals surface area contributed by atoms with Crippen molar-refractivity contribution in [2.45, 2.75) is 0 Å². The fourth-order valence-corrected chi connectivity index (χ4v) is 7.38. The number of rotatable bonds is 4. The van der Waals surface area contributed by atoms with E-state index in [1.165, 1.54) is 42.1 Å². The molecule has 206 valence electrons. The van der Waals surface area contributed by atoms with Crippen molar-refractivity contribution >= 4 is 53.3 Å². The maximum absolute atomic E-state index is 6.30. The molecule has 0 aliphatic rings. The zero-order valence-electron chi connectivity index (χ0n) is 23.6. The summed E-state index contributed by atoms with van der Waals surface area (Å²) < 4.78 is 8.75. The van der Waals surface area contributed by atoms with Crippen LogP contribution in [0.25, 0.3) is 87.1 Å². The summed E-state index contributed by atoms with van der Waals surface area (Å²) in [4.78, 5) is 10.3. The lowest BCUT2D eigenvalue weighted by Crippen LogP contribution is -1.95. The van der Waals surface area contributed by atoms with Crippen molar-refractivity contribution in [3.05, 3.63) is 146 Å². The maximum atomic E-state index is 6.30. The van der Waals surface area contributed by atoms with E-state index in [-0.39, 0.29) is 0 Å². The molecule has 0 fully saturated rings. The first-order valence-electron chi connectivity index (χ1n) is 14.7. The third-order valence-corrected chi connectivity index (χ3v) is 9.55. The van der Waals surface area contributed by atoms with Gasteiger partial charge in [0.25, 0.3) is 0 Å². The third kappa shape index (κ3) is 4.11. The van der Waals surface area contributed by atoms with Gasteiger partial charge in [0.15, 0.2) is 11.6 Å². The van der Waals surface area contributed by atoms with Gasteiger partial charge >= 0.3 is 0 Å². The summed E-state index contributed by atoms with van der Waals surface area (Å²) in [5.74, 6) is 1.42. The van der Waals surface area contributed by atoms with E-state index in [4.69, 9.17) is 14.4 Å². The molecule has 3 nitrogen and oxygen atoms in total. The van der Waals surface area contributed by atoms with E-state index in [1.807, 2.05) is 24.3 Å². The topological polar surface area (TPSA) is 38.9 Å². The number of benzene rings is 6. The predicted molar refractivity (Wildman–Crippen MR) is 184 cm³/mol. The van der Waals surface area contributed by atoms with Crippen LogP contribution >= 0.6 is 11.3 Å². The number of fused-ring (bicyclic) bond motifs is 5. The Bertz CT molecular complexity index is 2470. The van der Waals surface area contributed by atoms with E-state index in [0.717, 1.165) is 39.2 Å². The molecule has 9 rings (SSSR count). The Morgan fingerprint density at radius 3 is 2.02 bits per heavy atom. The SMILES string of the molecule is c1ccc2oc(-c3cc(-c4ccc(-c5cccc6ccccc56)cc4)nc(-c4cccc5c4sc4ccccc45)n3)cc2c1. The van der Waals surface area contributed by atoms with Crippen molar-refractivity contribution in [3.63, 3.8) is 0 Å². The van der Waals surface area contributed by atoms with Crippen molar-refractivity contribution in [1.82, 2.24) is 9.97 Å². The number of nitrogens with zero attached hydrogens (tertiary/aromatic N) is 2. The van der Waals surface area contributed by atoms with Crippen LogP contribution in [0.15, 0.2) is 150 Å². The van der Waals surface area contributed by atoms with Crippen LogP contribution in [0.4, 0.5) is 0 Å². The van der Waals surface area contributed by atoms with E-state index in [9.17, 15) is 0 Å². The normalized spacial score (nSPS) is 11.6. The largest absolute Gasteiger partial charge is 0.454 e. The van der Waals surface area contributed by atoms with Crippen LogP contribution in [0.3, 0.4) is 0 Å². The summed E-state index contributed by atoms with van der Waals surface area (Å²) in [6.45, 7) is 0. The summed E-state index contributed by atoms with van der Waals surface area (Å²) in [7, 11) is 0. The third-order valence-electron chi connectivity index (χ3n) is 8.33. The first-order chi connectivity index (χ1) is 21.8. The van der Waals surface area contributed by atoms with Crippen molar-refractivity contribution in [2.24, 2.45) is 0 Å². The van der Waals surface area contributed by atoms with Crippen molar-refractivity contribution in [3.8, 4) is 45.2 Å². The average molecular weight is 581 g/mol. The summed E-state index contributed by atoms with van der Waals surface area (Å²) in [5.41, 5.74) is 6.90. The van der Waals surface area contributed by atoms with Crippen LogP contribution in [0.5, 0.6) is 0 Å². The summed E-state index contributed by atoms with van der Waals surface area (Å²) in [6.07, 6.45) is 0. The molecule has 0 atom stereocenters. The van der Waals surface area contributed by atoms with Crippen molar-refractivity contribution in [2.75, 3.05) is 0 Å². The van der Waals surface area contributed by atoms with Crippen molar-refractivity contribution in [1.29, 1.82) is 0 Å². The first kappa shape index (κ1) is 25.0. The van der Waals surface area contributed by atoms with E-state index in [1.54, 1.807) is 11.3 Å². The molecule has 0 bridgehead atoms. The second-order valence-electron chi connectivity index (χ2n) is 11.0. The van der Waals surface area contributed by atoms with E-state index in [2.05, 4.69) is 121 Å². The van der Waals surface area contributed by atoms with Gasteiger partial charge < -0.3 is 4.42 Å². The van der Waals surface area contributed by atoms with E-state index in [0.29, 0.717) is 5.82 Å². The Hall–Kier alpha value is -5.58. The molecule has 6 aromatic carbocycles. The predicted octanol–water partition coefficient (Wildman–Crippen LogP) is 11.4. The van der Waals surface area contributed by atoms with Gasteiger partial charge in [0.05, 0.1) is 5.69 Å². The monoisotopic (exact) mass is 580 g/mol. The quantitative estimate of drug-likeness (QED) is 0.208. The zero-order chi connectivity index (χ0) is 29.0. The first-order valence-corrected chi connectivity index (χ1v) is 15.5. The lowest BCUT2D eigenvalue weighted by molar-refractivity contribution is 0.628. The summed E-state index contributed by atoms with van der Waals surface area (Å²) in [5, 5.41) is 6.01. The lowest BCUT2D eigenvalue weighted by atomic mass is 9.97. The molecular formula is C40H24N2OS. The Labute approximate surface area is 257 Å². The molecule has 4 heteroatoms. The van der Waals surface area contributed by atoms with Gasteiger partial charge in [0, 0.05) is 36.7 Å². The Morgan fingerprint density at radius 1 is 0.477 bits per heavy atom. The smallest absolute Gasteiger partial charge is 0.161 e. The van der Waals surface area contributed by atoms with Crippen molar-refractivity contribution < 1.29 is 4.42 Å². The van der Waals surface area contributed by atoms with Gasteiger partial charge in [-0.3, -0.25) is 0 Å². The van der Waals surface area contributed by atoms with Crippen LogP contribution in [-0.4, -0.2) is 9.97 Å². The minimum Gasteiger partial charge on any atom is -0.454 e. The summed E-state index contributed by atoms with van der Waals surface area (Å²) >= 11 is 1.79. The van der Waals surface area contributed by atoms with E-state index < -0.39 is 0 Å². The standard InChI is InChI=1S/C40H24N2OS/c1-3-12-29-25(9-1)11-7-14-30(29)26-19-21-27(22-20-26)34-24-35(37-23-28-10-2-5-17-36(28)43-37)42-40(41-34)33-16-8-15-32-31-13-4-6-18-38(31)44-39(32)33/h1-24H. The highest BCUT2D eigenvalue weighted by Crippen LogP contribution is 2.40. The molecule has 3 heterocycles. The molecule has 0 amide bonds. The lowest BCUT2D eigenvalue weighted by Gasteiger charge is -2.10. The number of thiophene rings is 1. The Balaban J connectivity index is 1.22. The highest BCUT2D eigenvalue weighted by molar-refractivity contribution is 7.26. The Morgan fingerprint density at radius 2 is 1.14 bits per heavy atom. The minimum absolute atomic E-state index is 0.688. The molecule has 0 unspecified atom stereocenters. The van der Waals surface area contributed by atoms with Gasteiger partial charge in [-0.15, -0.1) is 11.3 Å². The molecule has 0 aliphatic carbocycles. The molecule has 0 saturated heterocycles. The molecule has 3 aromatic heterocycles. The average Bonchev–Trinajstić information content (AvgIpc) is 3.70. The van der Waals surface area contributed by atoms with Gasteiger partial charge in [-0.25, -0.2) is 9.97 Å². The molecule has 0 saturated carbocycles. The van der Waals surface area contributed by atoms with Gasteiger partial charge in [0.1, 0.15) is 11.3 Å². The van der Waals surface area contributed by atoms with Crippen LogP contribution < -0.4 is 0 Å². The van der Waals surface area contributed by atoms with Crippen LogP contribution in [0.1, 0.15) is 0 Å². The number of hydrogen-bond acceptors (Lipinski definition) is 4. The highest BCUT2D eigenvalue weighted by atomic mass is 32.1.